The Kier molecular flexibility index (Phi) is 6.05. The molecule has 1 aromatic heterocycles. The molecule has 0 aliphatic carbocycles. The number of rotatable bonds is 5. The molecule has 140 valence electrons. The SMILES string of the molecule is COCc1c(C(=O)NNC(=O)Cc2ccc(Cl)cc2)sc2cccc(F)c12. The Morgan fingerprint density at radius 1 is 1.15 bits per heavy atom. The van der Waals surface area contributed by atoms with Gasteiger partial charge in [-0.3, -0.25) is 20.4 Å². The van der Waals surface area contributed by atoms with Crippen molar-refractivity contribution in [3.05, 3.63) is 69.3 Å². The molecule has 8 heteroatoms. The van der Waals surface area contributed by atoms with Crippen LogP contribution in [-0.2, 0) is 22.6 Å². The van der Waals surface area contributed by atoms with Crippen molar-refractivity contribution in [3.63, 3.8) is 0 Å². The van der Waals surface area contributed by atoms with E-state index in [9.17, 15) is 14.0 Å². The lowest BCUT2D eigenvalue weighted by atomic mass is 10.1. The van der Waals surface area contributed by atoms with Crippen LogP contribution in [0.1, 0.15) is 20.8 Å². The highest BCUT2D eigenvalue weighted by Crippen LogP contribution is 2.33. The molecule has 0 aliphatic heterocycles. The van der Waals surface area contributed by atoms with Crippen molar-refractivity contribution < 1.29 is 18.7 Å². The number of benzene rings is 2. The summed E-state index contributed by atoms with van der Waals surface area (Å²) in [6.45, 7) is 0.0857. The minimum Gasteiger partial charge on any atom is -0.380 e. The van der Waals surface area contributed by atoms with Gasteiger partial charge in [0.05, 0.1) is 13.0 Å². The second-order valence-electron chi connectivity index (χ2n) is 5.76. The number of amides is 2. The van der Waals surface area contributed by atoms with Crippen molar-refractivity contribution >= 4 is 44.8 Å². The molecule has 27 heavy (non-hydrogen) atoms. The molecule has 3 aromatic rings. The molecule has 5 nitrogen and oxygen atoms in total. The average Bonchev–Trinajstić information content (AvgIpc) is 3.02. The Bertz CT molecular complexity index is 989. The number of hydrogen-bond acceptors (Lipinski definition) is 4. The standard InChI is InChI=1S/C19H16ClFN2O3S/c1-26-10-13-17-14(21)3-2-4-15(17)27-18(13)19(25)23-22-16(24)9-11-5-7-12(20)8-6-11/h2-8H,9-10H2,1H3,(H,22,24)(H,23,25). The summed E-state index contributed by atoms with van der Waals surface area (Å²) in [5, 5.41) is 0.942. The highest BCUT2D eigenvalue weighted by atomic mass is 35.5. The molecule has 0 radical (unpaired) electrons. The van der Waals surface area contributed by atoms with Crippen molar-refractivity contribution in [1.29, 1.82) is 0 Å². The van der Waals surface area contributed by atoms with Crippen LogP contribution in [0.5, 0.6) is 0 Å². The van der Waals surface area contributed by atoms with Gasteiger partial charge in [0.1, 0.15) is 10.7 Å². The average molecular weight is 407 g/mol. The number of hydrogen-bond donors (Lipinski definition) is 2. The molecule has 0 fully saturated rings. The van der Waals surface area contributed by atoms with Gasteiger partial charge in [-0.05, 0) is 29.8 Å². The van der Waals surface area contributed by atoms with Gasteiger partial charge in [-0.1, -0.05) is 29.8 Å². The number of carbonyl (C=O) groups is 2. The second kappa shape index (κ2) is 8.47. The van der Waals surface area contributed by atoms with Crippen LogP contribution in [-0.4, -0.2) is 18.9 Å². The number of fused-ring (bicyclic) bond motifs is 1. The van der Waals surface area contributed by atoms with Gasteiger partial charge in [-0.2, -0.15) is 0 Å². The number of halogens is 2. The normalized spacial score (nSPS) is 10.8. The second-order valence-corrected chi connectivity index (χ2v) is 7.25. The van der Waals surface area contributed by atoms with E-state index in [0.29, 0.717) is 25.5 Å². The summed E-state index contributed by atoms with van der Waals surface area (Å²) in [4.78, 5) is 24.8. The van der Waals surface area contributed by atoms with E-state index in [1.807, 2.05) is 0 Å². The van der Waals surface area contributed by atoms with Gasteiger partial charge in [-0.15, -0.1) is 11.3 Å². The maximum atomic E-state index is 14.2. The van der Waals surface area contributed by atoms with E-state index >= 15 is 0 Å². The zero-order valence-electron chi connectivity index (χ0n) is 14.3. The van der Waals surface area contributed by atoms with Crippen LogP contribution in [0.3, 0.4) is 0 Å². The highest BCUT2D eigenvalue weighted by Gasteiger charge is 2.21. The summed E-state index contributed by atoms with van der Waals surface area (Å²) >= 11 is 6.96. The van der Waals surface area contributed by atoms with Crippen molar-refractivity contribution in [1.82, 2.24) is 10.9 Å². The van der Waals surface area contributed by atoms with Gasteiger partial charge in [0.25, 0.3) is 5.91 Å². The molecule has 1 heterocycles. The van der Waals surface area contributed by atoms with Crippen LogP contribution < -0.4 is 10.9 Å². The zero-order valence-corrected chi connectivity index (χ0v) is 15.9. The van der Waals surface area contributed by atoms with Gasteiger partial charge in [0.2, 0.25) is 5.91 Å². The summed E-state index contributed by atoms with van der Waals surface area (Å²) in [6, 6.07) is 11.5. The largest absolute Gasteiger partial charge is 0.380 e. The van der Waals surface area contributed by atoms with Gasteiger partial charge in [0.15, 0.2) is 0 Å². The van der Waals surface area contributed by atoms with Crippen LogP contribution in [0, 0.1) is 5.82 Å². The molecule has 0 spiro atoms. The molecule has 3 rings (SSSR count). The predicted molar refractivity (Wildman–Crippen MR) is 103 cm³/mol. The van der Waals surface area contributed by atoms with Gasteiger partial charge >= 0.3 is 0 Å². The monoisotopic (exact) mass is 406 g/mol. The third kappa shape index (κ3) is 4.44. The Hall–Kier alpha value is -2.48. The Labute approximate surface area is 164 Å². The maximum Gasteiger partial charge on any atom is 0.280 e. The number of hydrazine groups is 1. The van der Waals surface area contributed by atoms with Crippen molar-refractivity contribution in [2.45, 2.75) is 13.0 Å². The minimum absolute atomic E-state index is 0.0857. The van der Waals surface area contributed by atoms with E-state index in [0.717, 1.165) is 16.9 Å². The Morgan fingerprint density at radius 2 is 1.89 bits per heavy atom. The topological polar surface area (TPSA) is 67.4 Å². The van der Waals surface area contributed by atoms with Gasteiger partial charge in [-0.25, -0.2) is 4.39 Å². The summed E-state index contributed by atoms with van der Waals surface area (Å²) in [7, 11) is 1.47. The number of ether oxygens (including phenoxy) is 1. The number of methoxy groups -OCH3 is 1. The van der Waals surface area contributed by atoms with Crippen LogP contribution >= 0.6 is 22.9 Å². The molecule has 2 amide bonds. The Morgan fingerprint density at radius 3 is 2.59 bits per heavy atom. The fourth-order valence-electron chi connectivity index (χ4n) is 2.65. The smallest absolute Gasteiger partial charge is 0.280 e. The molecule has 0 saturated carbocycles. The van der Waals surface area contributed by atoms with Crippen LogP contribution in [0.25, 0.3) is 10.1 Å². The first-order chi connectivity index (χ1) is 13.0. The third-order valence-electron chi connectivity index (χ3n) is 3.85. The molecular weight excluding hydrogens is 391 g/mol. The van der Waals surface area contributed by atoms with E-state index in [1.54, 1.807) is 36.4 Å². The third-order valence-corrected chi connectivity index (χ3v) is 5.30. The molecule has 2 N–H and O–H groups in total. The van der Waals surface area contributed by atoms with Crippen molar-refractivity contribution in [3.8, 4) is 0 Å². The summed E-state index contributed by atoms with van der Waals surface area (Å²) in [5.74, 6) is -1.32. The molecule has 2 aromatic carbocycles. The maximum absolute atomic E-state index is 14.2. The van der Waals surface area contributed by atoms with Crippen molar-refractivity contribution in [2.24, 2.45) is 0 Å². The quantitative estimate of drug-likeness (QED) is 0.632. The fraction of sp³-hybridized carbons (Fsp3) is 0.158. The van der Waals surface area contributed by atoms with Gasteiger partial charge < -0.3 is 4.74 Å². The van der Waals surface area contributed by atoms with E-state index in [4.69, 9.17) is 16.3 Å². The lowest BCUT2D eigenvalue weighted by Crippen LogP contribution is -2.42. The van der Waals surface area contributed by atoms with Crippen LogP contribution in [0.2, 0.25) is 5.02 Å². The molecule has 0 unspecified atom stereocenters. The zero-order chi connectivity index (χ0) is 19.4. The van der Waals surface area contributed by atoms with Crippen LogP contribution in [0.4, 0.5) is 4.39 Å². The van der Waals surface area contributed by atoms with E-state index in [2.05, 4.69) is 10.9 Å². The minimum atomic E-state index is -0.521. The van der Waals surface area contributed by atoms with E-state index in [1.165, 1.54) is 13.2 Å². The van der Waals surface area contributed by atoms with Gasteiger partial charge in [0, 0.05) is 27.8 Å². The predicted octanol–water partition coefficient (Wildman–Crippen LogP) is 3.84. The summed E-state index contributed by atoms with van der Waals surface area (Å²) in [6.07, 6.45) is 0.0867. The van der Waals surface area contributed by atoms with Crippen LogP contribution in [0.15, 0.2) is 42.5 Å². The molecule has 0 bridgehead atoms. The molecule has 0 saturated heterocycles. The lowest BCUT2D eigenvalue weighted by molar-refractivity contribution is -0.121. The first-order valence-corrected chi connectivity index (χ1v) is 9.21. The number of thiophene rings is 1. The fourth-order valence-corrected chi connectivity index (χ4v) is 3.89. The lowest BCUT2D eigenvalue weighted by Gasteiger charge is -2.08. The molecular formula is C19H16ClFN2O3S. The highest BCUT2D eigenvalue weighted by molar-refractivity contribution is 7.21. The summed E-state index contributed by atoms with van der Waals surface area (Å²) in [5.41, 5.74) is 5.97. The number of carbonyl (C=O) groups excluding carboxylic acids is 2. The first kappa shape index (κ1) is 19.3. The summed E-state index contributed by atoms with van der Waals surface area (Å²) < 4.78 is 19.9. The van der Waals surface area contributed by atoms with E-state index in [-0.39, 0.29) is 18.9 Å². The van der Waals surface area contributed by atoms with Crippen molar-refractivity contribution in [2.75, 3.05) is 7.11 Å². The Balaban J connectivity index is 1.72. The molecule has 0 aliphatic rings. The van der Waals surface area contributed by atoms with E-state index < -0.39 is 11.7 Å². The first-order valence-electron chi connectivity index (χ1n) is 8.02. The number of nitrogens with one attached hydrogen (secondary N) is 2. The molecule has 0 atom stereocenters.